The Kier molecular flexibility index (Phi) is 4.36. The van der Waals surface area contributed by atoms with E-state index in [1.165, 1.54) is 22.5 Å². The van der Waals surface area contributed by atoms with E-state index in [0.29, 0.717) is 18.0 Å². The maximum Gasteiger partial charge on any atom is 0.243 e. The monoisotopic (exact) mass is 318 g/mol. The molecule has 1 unspecified atom stereocenters. The molecule has 1 aliphatic heterocycles. The number of piperidine rings is 1. The molecule has 1 aliphatic rings. The number of hydrogen-bond donors (Lipinski definition) is 0. The number of rotatable bonds is 2. The van der Waals surface area contributed by atoms with Gasteiger partial charge in [-0.05, 0) is 31.0 Å². The van der Waals surface area contributed by atoms with E-state index in [9.17, 15) is 8.42 Å². The van der Waals surface area contributed by atoms with Gasteiger partial charge in [-0.25, -0.2) is 8.42 Å². The summed E-state index contributed by atoms with van der Waals surface area (Å²) in [6, 6.07) is 6.36. The minimum absolute atomic E-state index is 0.112. The number of nitriles is 1. The first-order valence-corrected chi connectivity index (χ1v) is 7.99. The Bertz CT molecular complexity index is 625. The first-order valence-electron chi connectivity index (χ1n) is 5.80. The second kappa shape index (κ2) is 5.68. The third-order valence-corrected chi connectivity index (χ3v) is 5.70. The van der Waals surface area contributed by atoms with Gasteiger partial charge in [0.1, 0.15) is 0 Å². The van der Waals surface area contributed by atoms with Crippen LogP contribution in [0.25, 0.3) is 0 Å². The third-order valence-electron chi connectivity index (χ3n) is 3.10. The minimum Gasteiger partial charge on any atom is -0.207 e. The van der Waals surface area contributed by atoms with E-state index in [4.69, 9.17) is 28.5 Å². The molecule has 19 heavy (non-hydrogen) atoms. The predicted octanol–water partition coefficient (Wildman–Crippen LogP) is 2.92. The molecule has 0 bridgehead atoms. The van der Waals surface area contributed by atoms with Gasteiger partial charge in [0.2, 0.25) is 10.0 Å². The highest BCUT2D eigenvalue weighted by Gasteiger charge is 2.30. The largest absolute Gasteiger partial charge is 0.243 e. The molecule has 0 radical (unpaired) electrons. The second-order valence-electron chi connectivity index (χ2n) is 4.41. The Hall–Kier alpha value is -0.800. The number of halogens is 2. The van der Waals surface area contributed by atoms with Crippen LogP contribution in [-0.2, 0) is 10.0 Å². The molecule has 102 valence electrons. The van der Waals surface area contributed by atoms with Crippen molar-refractivity contribution >= 4 is 33.2 Å². The predicted molar refractivity (Wildman–Crippen MR) is 73.6 cm³/mol. The number of benzene rings is 1. The summed E-state index contributed by atoms with van der Waals surface area (Å²) in [7, 11) is -3.61. The maximum atomic E-state index is 12.4. The van der Waals surface area contributed by atoms with Crippen LogP contribution in [0.1, 0.15) is 12.8 Å². The normalized spacial score (nSPS) is 21.0. The van der Waals surface area contributed by atoms with E-state index in [-0.39, 0.29) is 22.4 Å². The molecule has 1 heterocycles. The molecular weight excluding hydrogens is 307 g/mol. The summed E-state index contributed by atoms with van der Waals surface area (Å²) < 4.78 is 26.2. The topological polar surface area (TPSA) is 61.2 Å². The van der Waals surface area contributed by atoms with Crippen LogP contribution < -0.4 is 0 Å². The molecule has 7 heteroatoms. The van der Waals surface area contributed by atoms with Gasteiger partial charge in [0.25, 0.3) is 0 Å². The first-order chi connectivity index (χ1) is 8.95. The van der Waals surface area contributed by atoms with E-state index in [1.807, 2.05) is 0 Å². The summed E-state index contributed by atoms with van der Waals surface area (Å²) in [6.07, 6.45) is 1.43. The third kappa shape index (κ3) is 3.03. The molecule has 0 spiro atoms. The molecular formula is C12H12Cl2N2O2S. The van der Waals surface area contributed by atoms with E-state index in [0.717, 1.165) is 6.42 Å². The highest BCUT2D eigenvalue weighted by atomic mass is 35.5. The lowest BCUT2D eigenvalue weighted by atomic mass is 10.0. The molecule has 0 aromatic heterocycles. The van der Waals surface area contributed by atoms with E-state index < -0.39 is 10.0 Å². The zero-order valence-electron chi connectivity index (χ0n) is 10.0. The van der Waals surface area contributed by atoms with Crippen LogP contribution in [0.3, 0.4) is 0 Å². The number of hydrogen-bond acceptors (Lipinski definition) is 3. The van der Waals surface area contributed by atoms with Crippen molar-refractivity contribution in [2.45, 2.75) is 17.7 Å². The number of sulfonamides is 1. The molecule has 2 rings (SSSR count). The zero-order chi connectivity index (χ0) is 14.0. The molecule has 4 nitrogen and oxygen atoms in total. The SMILES string of the molecule is N#CC1CCCN(S(=O)(=O)c2ccc(Cl)c(Cl)c2)C1. The van der Waals surface area contributed by atoms with Crippen molar-refractivity contribution in [3.8, 4) is 6.07 Å². The van der Waals surface area contributed by atoms with Crippen LogP contribution >= 0.6 is 23.2 Å². The fourth-order valence-corrected chi connectivity index (χ4v) is 3.97. The van der Waals surface area contributed by atoms with Crippen molar-refractivity contribution in [1.82, 2.24) is 4.31 Å². The Morgan fingerprint density at radius 2 is 2.05 bits per heavy atom. The highest BCUT2D eigenvalue weighted by molar-refractivity contribution is 7.89. The van der Waals surface area contributed by atoms with Gasteiger partial charge in [-0.1, -0.05) is 23.2 Å². The summed E-state index contributed by atoms with van der Waals surface area (Å²) in [6.45, 7) is 0.667. The van der Waals surface area contributed by atoms with Gasteiger partial charge in [-0.3, -0.25) is 0 Å². The van der Waals surface area contributed by atoms with Crippen molar-refractivity contribution in [2.24, 2.45) is 5.92 Å². The summed E-state index contributed by atoms with van der Waals surface area (Å²) in [4.78, 5) is 0.112. The fourth-order valence-electron chi connectivity index (χ4n) is 2.05. The maximum absolute atomic E-state index is 12.4. The van der Waals surface area contributed by atoms with Crippen LogP contribution in [0.5, 0.6) is 0 Å². The van der Waals surface area contributed by atoms with Crippen LogP contribution in [0.2, 0.25) is 10.0 Å². The summed E-state index contributed by atoms with van der Waals surface area (Å²) >= 11 is 11.6. The molecule has 1 aromatic carbocycles. The van der Waals surface area contributed by atoms with E-state index in [1.54, 1.807) is 0 Å². The quantitative estimate of drug-likeness (QED) is 0.842. The summed E-state index contributed by atoms with van der Waals surface area (Å²) in [5.41, 5.74) is 0. The van der Waals surface area contributed by atoms with Crippen molar-refractivity contribution in [3.63, 3.8) is 0 Å². The van der Waals surface area contributed by atoms with Crippen LogP contribution in [-0.4, -0.2) is 25.8 Å². The fraction of sp³-hybridized carbons (Fsp3) is 0.417. The smallest absolute Gasteiger partial charge is 0.207 e. The molecule has 0 N–H and O–H groups in total. The zero-order valence-corrected chi connectivity index (χ0v) is 12.3. The minimum atomic E-state index is -3.61. The average Bonchev–Trinajstić information content (AvgIpc) is 2.41. The van der Waals surface area contributed by atoms with Crippen LogP contribution in [0.4, 0.5) is 0 Å². The van der Waals surface area contributed by atoms with Crippen molar-refractivity contribution in [1.29, 1.82) is 5.26 Å². The molecule has 0 saturated carbocycles. The van der Waals surface area contributed by atoms with Gasteiger partial charge in [-0.2, -0.15) is 9.57 Å². The van der Waals surface area contributed by atoms with E-state index in [2.05, 4.69) is 6.07 Å². The van der Waals surface area contributed by atoms with Crippen molar-refractivity contribution in [2.75, 3.05) is 13.1 Å². The van der Waals surface area contributed by atoms with Gasteiger partial charge in [-0.15, -0.1) is 0 Å². The first kappa shape index (κ1) is 14.6. The Morgan fingerprint density at radius 3 is 2.68 bits per heavy atom. The lowest BCUT2D eigenvalue weighted by Crippen LogP contribution is -2.39. The number of nitrogens with zero attached hydrogens (tertiary/aromatic N) is 2. The Labute approximate surface area is 122 Å². The van der Waals surface area contributed by atoms with Crippen molar-refractivity contribution < 1.29 is 8.42 Å². The Balaban J connectivity index is 2.31. The van der Waals surface area contributed by atoms with Crippen molar-refractivity contribution in [3.05, 3.63) is 28.2 Å². The van der Waals surface area contributed by atoms with Crippen LogP contribution in [0, 0.1) is 17.2 Å². The van der Waals surface area contributed by atoms with Gasteiger partial charge < -0.3 is 0 Å². The molecule has 0 aliphatic carbocycles. The summed E-state index contributed by atoms with van der Waals surface area (Å²) in [5.74, 6) is -0.244. The molecule has 1 atom stereocenters. The lowest BCUT2D eigenvalue weighted by Gasteiger charge is -2.28. The lowest BCUT2D eigenvalue weighted by molar-refractivity contribution is 0.305. The Morgan fingerprint density at radius 1 is 1.32 bits per heavy atom. The van der Waals surface area contributed by atoms with Crippen LogP contribution in [0.15, 0.2) is 23.1 Å². The molecule has 1 aromatic rings. The van der Waals surface area contributed by atoms with E-state index >= 15 is 0 Å². The van der Waals surface area contributed by atoms with Gasteiger partial charge in [0.15, 0.2) is 0 Å². The highest BCUT2D eigenvalue weighted by Crippen LogP contribution is 2.28. The molecule has 0 amide bonds. The molecule has 1 saturated heterocycles. The standard InChI is InChI=1S/C12H12Cl2N2O2S/c13-11-4-3-10(6-12(11)14)19(17,18)16-5-1-2-9(7-15)8-16/h3-4,6,9H,1-2,5,8H2. The van der Waals surface area contributed by atoms with Gasteiger partial charge >= 0.3 is 0 Å². The summed E-state index contributed by atoms with van der Waals surface area (Å²) in [5, 5.41) is 9.43. The van der Waals surface area contributed by atoms with Gasteiger partial charge in [0.05, 0.1) is 26.9 Å². The second-order valence-corrected chi connectivity index (χ2v) is 7.16. The average molecular weight is 319 g/mol. The van der Waals surface area contributed by atoms with Gasteiger partial charge in [0, 0.05) is 13.1 Å². The molecule has 1 fully saturated rings.